The number of carbonyl (C=O) groups is 2. The van der Waals surface area contributed by atoms with Crippen molar-refractivity contribution in [3.8, 4) is 0 Å². The molecule has 9 heteroatoms. The molecular formula is C11H17N5O4. The molecule has 1 rings (SSSR count). The molecule has 0 saturated heterocycles. The molecule has 1 aromatic heterocycles. The number of nitrogens with one attached hydrogen (secondary N) is 2. The zero-order chi connectivity index (χ0) is 15.1. The number of anilines is 1. The van der Waals surface area contributed by atoms with E-state index in [1.54, 1.807) is 13.8 Å². The quantitative estimate of drug-likeness (QED) is 0.675. The lowest BCUT2D eigenvalue weighted by Crippen LogP contribution is -2.37. The number of amides is 2. The summed E-state index contributed by atoms with van der Waals surface area (Å²) in [5.41, 5.74) is 1.34. The van der Waals surface area contributed by atoms with Crippen molar-refractivity contribution in [3.63, 3.8) is 0 Å². The van der Waals surface area contributed by atoms with Gasteiger partial charge in [0.1, 0.15) is 0 Å². The van der Waals surface area contributed by atoms with Crippen LogP contribution in [-0.4, -0.2) is 52.0 Å². The Morgan fingerprint density at radius 3 is 2.55 bits per heavy atom. The van der Waals surface area contributed by atoms with Gasteiger partial charge < -0.3 is 15.2 Å². The SMILES string of the molecule is COC(CNC(=O)Nc1nnc(C)c(C)n1)CC(=O)O. The molecule has 0 aliphatic carbocycles. The molecule has 0 aliphatic rings. The molecule has 0 aliphatic heterocycles. The Labute approximate surface area is 115 Å². The van der Waals surface area contributed by atoms with E-state index in [0.29, 0.717) is 11.4 Å². The third-order valence-corrected chi connectivity index (χ3v) is 2.54. The summed E-state index contributed by atoms with van der Waals surface area (Å²) in [6, 6.07) is -0.553. The first-order valence-corrected chi connectivity index (χ1v) is 5.89. The van der Waals surface area contributed by atoms with Gasteiger partial charge >= 0.3 is 12.0 Å². The van der Waals surface area contributed by atoms with Gasteiger partial charge in [0, 0.05) is 13.7 Å². The molecule has 1 heterocycles. The second-order valence-corrected chi connectivity index (χ2v) is 4.10. The van der Waals surface area contributed by atoms with Crippen LogP contribution in [0.25, 0.3) is 0 Å². The second kappa shape index (κ2) is 7.34. The Bertz CT molecular complexity index is 494. The van der Waals surface area contributed by atoms with Gasteiger partial charge in [-0.15, -0.1) is 5.10 Å². The Morgan fingerprint density at radius 2 is 2.00 bits per heavy atom. The van der Waals surface area contributed by atoms with E-state index in [2.05, 4.69) is 25.8 Å². The van der Waals surface area contributed by atoms with Crippen molar-refractivity contribution in [2.75, 3.05) is 19.0 Å². The van der Waals surface area contributed by atoms with Crippen molar-refractivity contribution in [3.05, 3.63) is 11.4 Å². The first-order valence-electron chi connectivity index (χ1n) is 5.89. The number of aromatic nitrogens is 3. The molecule has 0 aromatic carbocycles. The standard InChI is InChI=1S/C11H17N5O4/c1-6-7(2)15-16-10(13-6)14-11(19)12-5-8(20-3)4-9(17)18/h8H,4-5H2,1-3H3,(H,17,18)(H2,12,13,14,16,19). The fourth-order valence-electron chi connectivity index (χ4n) is 1.30. The molecule has 110 valence electrons. The molecule has 9 nitrogen and oxygen atoms in total. The summed E-state index contributed by atoms with van der Waals surface area (Å²) < 4.78 is 4.93. The monoisotopic (exact) mass is 283 g/mol. The minimum Gasteiger partial charge on any atom is -0.481 e. The number of carboxylic acids is 1. The number of carboxylic acid groups (broad SMARTS) is 1. The van der Waals surface area contributed by atoms with E-state index in [9.17, 15) is 9.59 Å². The normalized spacial score (nSPS) is 11.8. The molecular weight excluding hydrogens is 266 g/mol. The van der Waals surface area contributed by atoms with Crippen LogP contribution in [0.15, 0.2) is 0 Å². The number of methoxy groups -OCH3 is 1. The average molecular weight is 283 g/mol. The molecule has 0 spiro atoms. The summed E-state index contributed by atoms with van der Waals surface area (Å²) in [7, 11) is 1.38. The molecule has 3 N–H and O–H groups in total. The van der Waals surface area contributed by atoms with Gasteiger partial charge in [-0.3, -0.25) is 10.1 Å². The average Bonchev–Trinajstić information content (AvgIpc) is 2.38. The minimum atomic E-state index is -0.999. The molecule has 20 heavy (non-hydrogen) atoms. The first kappa shape index (κ1) is 15.8. The van der Waals surface area contributed by atoms with Crippen LogP contribution in [0.4, 0.5) is 10.7 Å². The van der Waals surface area contributed by atoms with Crippen molar-refractivity contribution in [2.24, 2.45) is 0 Å². The largest absolute Gasteiger partial charge is 0.481 e. The molecule has 0 saturated carbocycles. The highest BCUT2D eigenvalue weighted by Gasteiger charge is 2.14. The molecule has 1 unspecified atom stereocenters. The predicted octanol–water partition coefficient (Wildman–Crippen LogP) is 0.0996. The highest BCUT2D eigenvalue weighted by molar-refractivity contribution is 5.87. The summed E-state index contributed by atoms with van der Waals surface area (Å²) in [4.78, 5) is 26.2. The topological polar surface area (TPSA) is 126 Å². The van der Waals surface area contributed by atoms with Gasteiger partial charge in [0.2, 0.25) is 0 Å². The van der Waals surface area contributed by atoms with Gasteiger partial charge in [0.05, 0.1) is 23.9 Å². The smallest absolute Gasteiger partial charge is 0.321 e. The van der Waals surface area contributed by atoms with Crippen molar-refractivity contribution in [1.29, 1.82) is 0 Å². The third kappa shape index (κ3) is 5.14. The molecule has 0 fully saturated rings. The first-order chi connectivity index (χ1) is 9.42. The summed E-state index contributed by atoms with van der Waals surface area (Å²) in [5, 5.41) is 21.1. The van der Waals surface area contributed by atoms with Crippen molar-refractivity contribution < 1.29 is 19.4 Å². The summed E-state index contributed by atoms with van der Waals surface area (Å²) in [5.74, 6) is -0.918. The van der Waals surface area contributed by atoms with Crippen LogP contribution >= 0.6 is 0 Å². The van der Waals surface area contributed by atoms with Crippen LogP contribution in [0.3, 0.4) is 0 Å². The lowest BCUT2D eigenvalue weighted by atomic mass is 10.2. The van der Waals surface area contributed by atoms with E-state index in [4.69, 9.17) is 9.84 Å². The van der Waals surface area contributed by atoms with E-state index in [0.717, 1.165) is 0 Å². The lowest BCUT2D eigenvalue weighted by Gasteiger charge is -2.14. The van der Waals surface area contributed by atoms with Crippen LogP contribution in [0.5, 0.6) is 0 Å². The highest BCUT2D eigenvalue weighted by Crippen LogP contribution is 2.01. The summed E-state index contributed by atoms with van der Waals surface area (Å²) >= 11 is 0. The zero-order valence-electron chi connectivity index (χ0n) is 11.5. The van der Waals surface area contributed by atoms with Gasteiger partial charge in [-0.25, -0.2) is 9.78 Å². The second-order valence-electron chi connectivity index (χ2n) is 4.10. The fourth-order valence-corrected chi connectivity index (χ4v) is 1.30. The fraction of sp³-hybridized carbons (Fsp3) is 0.545. The molecule has 1 atom stereocenters. The van der Waals surface area contributed by atoms with Gasteiger partial charge in [0.25, 0.3) is 5.95 Å². The minimum absolute atomic E-state index is 0.0624. The summed E-state index contributed by atoms with van der Waals surface area (Å²) in [6.45, 7) is 3.57. The van der Waals surface area contributed by atoms with Gasteiger partial charge in [0.15, 0.2) is 0 Å². The Balaban J connectivity index is 2.46. The van der Waals surface area contributed by atoms with Crippen LogP contribution in [0.2, 0.25) is 0 Å². The number of ether oxygens (including phenoxy) is 1. The maximum Gasteiger partial charge on any atom is 0.321 e. The zero-order valence-corrected chi connectivity index (χ0v) is 11.5. The molecule has 2 amide bonds. The predicted molar refractivity (Wildman–Crippen MR) is 69.4 cm³/mol. The molecule has 0 bridgehead atoms. The number of hydrogen-bond acceptors (Lipinski definition) is 6. The van der Waals surface area contributed by atoms with Crippen LogP contribution < -0.4 is 10.6 Å². The van der Waals surface area contributed by atoms with Gasteiger partial charge in [-0.1, -0.05) is 0 Å². The number of aliphatic carboxylic acids is 1. The van der Waals surface area contributed by atoms with Gasteiger partial charge in [-0.2, -0.15) is 5.10 Å². The van der Waals surface area contributed by atoms with E-state index in [-0.39, 0.29) is 18.9 Å². The van der Waals surface area contributed by atoms with E-state index < -0.39 is 18.1 Å². The molecule has 0 radical (unpaired) electrons. The lowest BCUT2D eigenvalue weighted by molar-refractivity contribution is -0.139. The summed E-state index contributed by atoms with van der Waals surface area (Å²) in [6.07, 6.45) is -0.796. The Kier molecular flexibility index (Phi) is 5.78. The van der Waals surface area contributed by atoms with E-state index in [1.807, 2.05) is 0 Å². The van der Waals surface area contributed by atoms with E-state index in [1.165, 1.54) is 7.11 Å². The number of urea groups is 1. The number of rotatable bonds is 6. The van der Waals surface area contributed by atoms with Gasteiger partial charge in [-0.05, 0) is 13.8 Å². The highest BCUT2D eigenvalue weighted by atomic mass is 16.5. The van der Waals surface area contributed by atoms with Crippen LogP contribution in [-0.2, 0) is 9.53 Å². The van der Waals surface area contributed by atoms with Crippen molar-refractivity contribution in [2.45, 2.75) is 26.4 Å². The number of aryl methyl sites for hydroxylation is 2. The van der Waals surface area contributed by atoms with Crippen LogP contribution in [0, 0.1) is 13.8 Å². The Morgan fingerprint density at radius 1 is 1.30 bits per heavy atom. The van der Waals surface area contributed by atoms with Crippen molar-refractivity contribution >= 4 is 17.9 Å². The number of carbonyl (C=O) groups excluding carboxylic acids is 1. The van der Waals surface area contributed by atoms with Crippen molar-refractivity contribution in [1.82, 2.24) is 20.5 Å². The van der Waals surface area contributed by atoms with E-state index >= 15 is 0 Å². The van der Waals surface area contributed by atoms with Crippen LogP contribution in [0.1, 0.15) is 17.8 Å². The number of hydrogen-bond donors (Lipinski definition) is 3. The third-order valence-electron chi connectivity index (χ3n) is 2.54. The Hall–Kier alpha value is -2.29. The molecule has 1 aromatic rings. The maximum absolute atomic E-state index is 11.6. The number of nitrogens with zero attached hydrogens (tertiary/aromatic N) is 3. The maximum atomic E-state index is 11.6.